The Balaban J connectivity index is -0.0000000731. The molecule has 0 heterocycles. The van der Waals surface area contributed by atoms with Crippen LogP contribution in [0.2, 0.25) is 0 Å². The molecule has 0 unspecified atom stereocenters. The van der Waals surface area contributed by atoms with E-state index in [1.165, 1.54) is 34.8 Å². The minimum atomic E-state index is -0.500. The van der Waals surface area contributed by atoms with E-state index in [0.717, 1.165) is 0 Å². The number of ketones is 1. The molecule has 18 heavy (non-hydrogen) atoms. The van der Waals surface area contributed by atoms with Crippen molar-refractivity contribution in [2.75, 3.05) is 7.11 Å². The van der Waals surface area contributed by atoms with Crippen LogP contribution >= 0.6 is 0 Å². The standard InChI is InChI=1S/C4H10O.C3H6O2.C3H6O.C2H5NO/c1-4(2,3)5;1-3(4)5-2;1-3(2)4;1-2(3)4/h5H,1-3H3;1-2H3;1-2H3;1H3,(H2,3,4). The van der Waals surface area contributed by atoms with E-state index in [9.17, 15) is 14.4 Å². The first-order valence-electron chi connectivity index (χ1n) is 5.24. The largest absolute Gasteiger partial charge is 0.469 e. The van der Waals surface area contributed by atoms with Gasteiger partial charge >= 0.3 is 5.97 Å². The van der Waals surface area contributed by atoms with Crippen LogP contribution < -0.4 is 5.73 Å². The van der Waals surface area contributed by atoms with Crippen LogP contribution in [0.15, 0.2) is 0 Å². The van der Waals surface area contributed by atoms with Gasteiger partial charge in [0.25, 0.3) is 0 Å². The van der Waals surface area contributed by atoms with Crippen LogP contribution in [0.5, 0.6) is 0 Å². The Morgan fingerprint density at radius 1 is 1.00 bits per heavy atom. The minimum Gasteiger partial charge on any atom is -0.469 e. The van der Waals surface area contributed by atoms with Gasteiger partial charge in [0.1, 0.15) is 5.78 Å². The summed E-state index contributed by atoms with van der Waals surface area (Å²) in [6, 6.07) is 0. The van der Waals surface area contributed by atoms with Gasteiger partial charge in [-0.3, -0.25) is 9.59 Å². The lowest BCUT2D eigenvalue weighted by molar-refractivity contribution is -0.138. The van der Waals surface area contributed by atoms with Gasteiger partial charge in [-0.25, -0.2) is 0 Å². The molecule has 0 aromatic rings. The van der Waals surface area contributed by atoms with Crippen LogP contribution in [0.3, 0.4) is 0 Å². The van der Waals surface area contributed by atoms with E-state index in [4.69, 9.17) is 5.11 Å². The summed E-state index contributed by atoms with van der Waals surface area (Å²) in [4.78, 5) is 28.3. The molecule has 0 saturated carbocycles. The van der Waals surface area contributed by atoms with Crippen molar-refractivity contribution in [1.29, 1.82) is 0 Å². The number of hydrogen-bond acceptors (Lipinski definition) is 5. The molecule has 3 N–H and O–H groups in total. The van der Waals surface area contributed by atoms with Gasteiger partial charge in [-0.15, -0.1) is 0 Å². The van der Waals surface area contributed by atoms with Crippen molar-refractivity contribution < 1.29 is 24.2 Å². The van der Waals surface area contributed by atoms with Gasteiger partial charge in [-0.1, -0.05) is 0 Å². The van der Waals surface area contributed by atoms with E-state index < -0.39 is 5.60 Å². The van der Waals surface area contributed by atoms with E-state index in [0.29, 0.717) is 0 Å². The van der Waals surface area contributed by atoms with E-state index in [-0.39, 0.29) is 17.7 Å². The first kappa shape index (κ1) is 25.4. The highest BCUT2D eigenvalue weighted by molar-refractivity contribution is 5.72. The molecule has 0 fully saturated rings. The van der Waals surface area contributed by atoms with Gasteiger partial charge < -0.3 is 20.4 Å². The number of ether oxygens (including phenoxy) is 1. The molecule has 0 bridgehead atoms. The van der Waals surface area contributed by atoms with Crippen molar-refractivity contribution in [3.63, 3.8) is 0 Å². The third kappa shape index (κ3) is 8260. The molecule has 0 atom stereocenters. The lowest BCUT2D eigenvalue weighted by Gasteiger charge is -2.04. The highest BCUT2D eigenvalue weighted by Gasteiger charge is 1.97. The Hall–Kier alpha value is -1.43. The maximum atomic E-state index is 9.59. The lowest BCUT2D eigenvalue weighted by Crippen LogP contribution is -2.10. The number of esters is 1. The van der Waals surface area contributed by atoms with Crippen molar-refractivity contribution >= 4 is 17.7 Å². The van der Waals surface area contributed by atoms with Gasteiger partial charge in [0.15, 0.2) is 0 Å². The highest BCUT2D eigenvalue weighted by atomic mass is 16.5. The molecule has 6 heteroatoms. The Morgan fingerprint density at radius 3 is 1.06 bits per heavy atom. The molecule has 0 aromatic heterocycles. The molecule has 0 spiro atoms. The highest BCUT2D eigenvalue weighted by Crippen LogP contribution is 1.93. The maximum Gasteiger partial charge on any atom is 0.302 e. The summed E-state index contributed by atoms with van der Waals surface area (Å²) in [5.74, 6) is -0.412. The molecule has 0 rings (SSSR count). The fraction of sp³-hybridized carbons (Fsp3) is 0.750. The van der Waals surface area contributed by atoms with Gasteiger partial charge in [0, 0.05) is 13.8 Å². The van der Waals surface area contributed by atoms with Gasteiger partial charge in [0.05, 0.1) is 12.7 Å². The summed E-state index contributed by atoms with van der Waals surface area (Å²) >= 11 is 0. The zero-order valence-electron chi connectivity index (χ0n) is 12.7. The summed E-state index contributed by atoms with van der Waals surface area (Å²) < 4.78 is 4.11. The van der Waals surface area contributed by atoms with Gasteiger partial charge in [-0.05, 0) is 34.6 Å². The third-order valence-electron chi connectivity index (χ3n) is 0.287. The number of nitrogens with two attached hydrogens (primary N) is 1. The Bertz CT molecular complexity index is 205. The first-order valence-corrected chi connectivity index (χ1v) is 5.24. The molecule has 0 saturated heterocycles. The van der Waals surface area contributed by atoms with Crippen molar-refractivity contribution in [3.8, 4) is 0 Å². The Labute approximate surface area is 110 Å². The van der Waals surface area contributed by atoms with Crippen LogP contribution in [0.1, 0.15) is 48.5 Å². The SMILES string of the molecule is CC(C)(C)O.CC(C)=O.CC(N)=O.COC(C)=O. The lowest BCUT2D eigenvalue weighted by atomic mass is 10.2. The third-order valence-corrected chi connectivity index (χ3v) is 0.287. The van der Waals surface area contributed by atoms with E-state index >= 15 is 0 Å². The monoisotopic (exact) mass is 265 g/mol. The number of carbonyl (C=O) groups is 3. The quantitative estimate of drug-likeness (QED) is 0.636. The molecular weight excluding hydrogens is 238 g/mol. The molecule has 0 radical (unpaired) electrons. The van der Waals surface area contributed by atoms with Gasteiger partial charge in [-0.2, -0.15) is 0 Å². The maximum absolute atomic E-state index is 9.59. The van der Waals surface area contributed by atoms with Crippen LogP contribution in [-0.4, -0.2) is 35.5 Å². The van der Waals surface area contributed by atoms with E-state index in [1.54, 1.807) is 20.8 Å². The number of rotatable bonds is 0. The summed E-state index contributed by atoms with van der Waals surface area (Å²) in [5.41, 5.74) is 3.97. The fourth-order valence-electron chi connectivity index (χ4n) is 0. The predicted octanol–water partition coefficient (Wildman–Crippen LogP) is 1.04. The molecule has 0 aliphatic carbocycles. The zero-order chi connectivity index (χ0) is 15.9. The predicted molar refractivity (Wildman–Crippen MR) is 70.9 cm³/mol. The molecule has 1 amide bonds. The second-order valence-electron chi connectivity index (χ2n) is 4.39. The second-order valence-corrected chi connectivity index (χ2v) is 4.39. The van der Waals surface area contributed by atoms with Crippen molar-refractivity contribution in [3.05, 3.63) is 0 Å². The van der Waals surface area contributed by atoms with E-state index in [2.05, 4.69) is 10.5 Å². The summed E-state index contributed by atoms with van der Waals surface area (Å²) in [5, 5.41) is 8.52. The number of hydrogen-bond donors (Lipinski definition) is 2. The molecule has 6 nitrogen and oxygen atoms in total. The van der Waals surface area contributed by atoms with Crippen molar-refractivity contribution in [2.24, 2.45) is 5.73 Å². The Morgan fingerprint density at radius 2 is 1.06 bits per heavy atom. The zero-order valence-corrected chi connectivity index (χ0v) is 12.7. The average Bonchev–Trinajstić information content (AvgIpc) is 1.98. The van der Waals surface area contributed by atoms with Crippen molar-refractivity contribution in [2.45, 2.75) is 54.1 Å². The molecular formula is C12H27NO5. The minimum absolute atomic E-state index is 0.167. The number of methoxy groups -OCH3 is 1. The number of primary amides is 1. The van der Waals surface area contributed by atoms with Crippen LogP contribution in [-0.2, 0) is 19.1 Å². The van der Waals surface area contributed by atoms with E-state index in [1.807, 2.05) is 0 Å². The smallest absolute Gasteiger partial charge is 0.302 e. The van der Waals surface area contributed by atoms with Crippen LogP contribution in [0, 0.1) is 0 Å². The number of carbonyl (C=O) groups excluding carboxylic acids is 3. The molecule has 0 aliphatic rings. The van der Waals surface area contributed by atoms with Crippen LogP contribution in [0.4, 0.5) is 0 Å². The fourth-order valence-corrected chi connectivity index (χ4v) is 0. The van der Waals surface area contributed by atoms with Crippen LogP contribution in [0.25, 0.3) is 0 Å². The summed E-state index contributed by atoms with van der Waals surface area (Å²) in [7, 11) is 1.35. The topological polar surface area (TPSA) is 107 Å². The summed E-state index contributed by atoms with van der Waals surface area (Å²) in [6.07, 6.45) is 0. The van der Waals surface area contributed by atoms with Crippen molar-refractivity contribution in [1.82, 2.24) is 0 Å². The number of Topliss-reactive ketones (excluding diaryl/α,β-unsaturated/α-hetero) is 1. The summed E-state index contributed by atoms with van der Waals surface area (Å²) in [6.45, 7) is 11.0. The normalized spacial score (nSPS) is 8.06. The van der Waals surface area contributed by atoms with Gasteiger partial charge in [0.2, 0.25) is 5.91 Å². The second kappa shape index (κ2) is 15.6. The Kier molecular flexibility index (Phi) is 22.0. The average molecular weight is 265 g/mol. The first-order chi connectivity index (χ1) is 7.73. The molecule has 0 aliphatic heterocycles. The number of amides is 1. The molecule has 110 valence electrons. The molecule has 0 aromatic carbocycles. The number of aliphatic hydroxyl groups is 1.